The lowest BCUT2D eigenvalue weighted by Crippen LogP contribution is -2.58. The smallest absolute Gasteiger partial charge is 0.249 e. The Morgan fingerprint density at radius 1 is 1.18 bits per heavy atom. The molecule has 1 aliphatic rings. The van der Waals surface area contributed by atoms with Gasteiger partial charge in [0, 0.05) is 25.2 Å². The van der Waals surface area contributed by atoms with Gasteiger partial charge in [-0.25, -0.2) is 0 Å². The molecule has 4 nitrogen and oxygen atoms in total. The summed E-state index contributed by atoms with van der Waals surface area (Å²) in [6.45, 7) is 11.1. The Morgan fingerprint density at radius 2 is 1.77 bits per heavy atom. The van der Waals surface area contributed by atoms with Crippen LogP contribution >= 0.6 is 0 Å². The van der Waals surface area contributed by atoms with E-state index in [-0.39, 0.29) is 17.9 Å². The maximum absolute atomic E-state index is 12.7. The lowest BCUT2D eigenvalue weighted by Gasteiger charge is -2.39. The summed E-state index contributed by atoms with van der Waals surface area (Å²) < 4.78 is 0. The first-order valence-electron chi connectivity index (χ1n) is 7.98. The van der Waals surface area contributed by atoms with E-state index in [0.29, 0.717) is 25.4 Å². The fraction of sp³-hybridized carbons (Fsp3) is 0.556. The van der Waals surface area contributed by atoms with E-state index in [4.69, 9.17) is 0 Å². The number of piperazine rings is 1. The molecule has 1 fully saturated rings. The van der Waals surface area contributed by atoms with Gasteiger partial charge in [0.25, 0.3) is 0 Å². The van der Waals surface area contributed by atoms with Crippen molar-refractivity contribution in [2.24, 2.45) is 5.92 Å². The molecule has 22 heavy (non-hydrogen) atoms. The van der Waals surface area contributed by atoms with Gasteiger partial charge in [0.05, 0.1) is 0 Å². The third-order valence-electron chi connectivity index (χ3n) is 4.08. The highest BCUT2D eigenvalue weighted by Crippen LogP contribution is 2.23. The Kier molecular flexibility index (Phi) is 4.89. The Hall–Kier alpha value is -1.84. The van der Waals surface area contributed by atoms with Gasteiger partial charge in [-0.3, -0.25) is 9.59 Å². The Balaban J connectivity index is 2.17. The first kappa shape index (κ1) is 16.5. The molecule has 0 aromatic heterocycles. The summed E-state index contributed by atoms with van der Waals surface area (Å²) in [6.07, 6.45) is 0.501. The molecule has 1 aliphatic heterocycles. The van der Waals surface area contributed by atoms with E-state index in [1.165, 1.54) is 0 Å². The van der Waals surface area contributed by atoms with Gasteiger partial charge in [-0.15, -0.1) is 0 Å². The lowest BCUT2D eigenvalue weighted by molar-refractivity contribution is -0.141. The Morgan fingerprint density at radius 3 is 2.32 bits per heavy atom. The number of benzene rings is 1. The lowest BCUT2D eigenvalue weighted by atomic mass is 10.1. The first-order chi connectivity index (χ1) is 10.3. The molecule has 2 rings (SSSR count). The van der Waals surface area contributed by atoms with Crippen molar-refractivity contribution in [1.29, 1.82) is 0 Å². The Labute approximate surface area is 133 Å². The van der Waals surface area contributed by atoms with Crippen LogP contribution in [0.15, 0.2) is 18.2 Å². The topological polar surface area (TPSA) is 40.6 Å². The van der Waals surface area contributed by atoms with Crippen LogP contribution < -0.4 is 4.90 Å². The van der Waals surface area contributed by atoms with Crippen molar-refractivity contribution < 1.29 is 9.59 Å². The number of carbonyl (C=O) groups excluding carboxylic acids is 2. The van der Waals surface area contributed by atoms with Crippen LogP contribution in [-0.4, -0.2) is 35.8 Å². The molecule has 0 saturated carbocycles. The molecule has 1 heterocycles. The van der Waals surface area contributed by atoms with E-state index in [9.17, 15) is 9.59 Å². The molecule has 1 atom stereocenters. The highest BCUT2D eigenvalue weighted by molar-refractivity contribution is 6.00. The Bertz CT molecular complexity index is 560. The van der Waals surface area contributed by atoms with Crippen molar-refractivity contribution in [3.05, 3.63) is 29.3 Å². The number of hydrogen-bond donors (Lipinski definition) is 0. The van der Waals surface area contributed by atoms with Gasteiger partial charge >= 0.3 is 0 Å². The first-order valence-corrected chi connectivity index (χ1v) is 7.98. The summed E-state index contributed by atoms with van der Waals surface area (Å²) in [7, 11) is 0. The molecular weight excluding hydrogens is 276 g/mol. The van der Waals surface area contributed by atoms with Crippen molar-refractivity contribution in [3.63, 3.8) is 0 Å². The second-order valence-corrected chi connectivity index (χ2v) is 6.70. The van der Waals surface area contributed by atoms with Gasteiger partial charge in [-0.05, 0) is 49.9 Å². The number of hydrogen-bond acceptors (Lipinski definition) is 2. The minimum absolute atomic E-state index is 0.00774. The third kappa shape index (κ3) is 3.49. The molecule has 0 bridgehead atoms. The largest absolute Gasteiger partial charge is 0.329 e. The number of anilines is 1. The van der Waals surface area contributed by atoms with Gasteiger partial charge in [0.2, 0.25) is 11.8 Å². The predicted molar refractivity (Wildman–Crippen MR) is 88.9 cm³/mol. The van der Waals surface area contributed by atoms with Crippen molar-refractivity contribution in [1.82, 2.24) is 4.90 Å². The van der Waals surface area contributed by atoms with E-state index >= 15 is 0 Å². The molecule has 0 aliphatic carbocycles. The van der Waals surface area contributed by atoms with Crippen LogP contribution in [0.3, 0.4) is 0 Å². The molecule has 2 amide bonds. The number of rotatable bonds is 3. The van der Waals surface area contributed by atoms with Gasteiger partial charge in [0.15, 0.2) is 0 Å². The van der Waals surface area contributed by atoms with Crippen LogP contribution in [0.2, 0.25) is 0 Å². The minimum atomic E-state index is -0.388. The van der Waals surface area contributed by atoms with E-state index in [1.54, 1.807) is 4.90 Å². The van der Waals surface area contributed by atoms with Crippen LogP contribution in [0, 0.1) is 19.8 Å². The minimum Gasteiger partial charge on any atom is -0.329 e. The quantitative estimate of drug-likeness (QED) is 0.861. The van der Waals surface area contributed by atoms with Gasteiger partial charge in [0.1, 0.15) is 6.04 Å². The molecule has 0 spiro atoms. The van der Waals surface area contributed by atoms with Gasteiger partial charge in [-0.1, -0.05) is 19.9 Å². The molecule has 4 heteroatoms. The molecule has 0 radical (unpaired) electrons. The summed E-state index contributed by atoms with van der Waals surface area (Å²) in [5.41, 5.74) is 3.23. The summed E-state index contributed by atoms with van der Waals surface area (Å²) in [6, 6.07) is 5.77. The molecule has 1 aromatic rings. The number of nitrogens with zero attached hydrogens (tertiary/aromatic N) is 2. The zero-order valence-corrected chi connectivity index (χ0v) is 14.2. The molecule has 1 unspecified atom stereocenters. The highest BCUT2D eigenvalue weighted by Gasteiger charge is 2.34. The van der Waals surface area contributed by atoms with E-state index in [2.05, 4.69) is 6.07 Å². The molecule has 0 N–H and O–H groups in total. The van der Waals surface area contributed by atoms with Crippen molar-refractivity contribution in [3.8, 4) is 0 Å². The van der Waals surface area contributed by atoms with Gasteiger partial charge in [-0.2, -0.15) is 0 Å². The zero-order chi connectivity index (χ0) is 16.4. The van der Waals surface area contributed by atoms with Crippen LogP contribution in [0.1, 0.15) is 38.3 Å². The van der Waals surface area contributed by atoms with E-state index in [1.807, 2.05) is 51.7 Å². The zero-order valence-electron chi connectivity index (χ0n) is 14.2. The van der Waals surface area contributed by atoms with Crippen LogP contribution in [0.5, 0.6) is 0 Å². The SMILES string of the molecule is Cc1cc(C)cc(N2CCN(C(=O)CC(C)C)C(C)C2=O)c1. The average Bonchev–Trinajstić information content (AvgIpc) is 2.39. The van der Waals surface area contributed by atoms with Crippen molar-refractivity contribution >= 4 is 17.5 Å². The fourth-order valence-corrected chi connectivity index (χ4v) is 3.04. The normalized spacial score (nSPS) is 19.0. The van der Waals surface area contributed by atoms with Crippen molar-refractivity contribution in [2.75, 3.05) is 18.0 Å². The summed E-state index contributed by atoms with van der Waals surface area (Å²) in [5, 5.41) is 0. The number of amides is 2. The third-order valence-corrected chi connectivity index (χ3v) is 4.08. The maximum Gasteiger partial charge on any atom is 0.249 e. The number of carbonyl (C=O) groups is 2. The average molecular weight is 302 g/mol. The molecule has 120 valence electrons. The highest BCUT2D eigenvalue weighted by atomic mass is 16.2. The monoisotopic (exact) mass is 302 g/mol. The number of aryl methyl sites for hydroxylation is 2. The molecule has 1 saturated heterocycles. The maximum atomic E-state index is 12.7. The van der Waals surface area contributed by atoms with Gasteiger partial charge < -0.3 is 9.80 Å². The summed E-state index contributed by atoms with van der Waals surface area (Å²) in [5.74, 6) is 0.400. The summed E-state index contributed by atoms with van der Waals surface area (Å²) in [4.78, 5) is 28.5. The van der Waals surface area contributed by atoms with E-state index in [0.717, 1.165) is 16.8 Å². The summed E-state index contributed by atoms with van der Waals surface area (Å²) >= 11 is 0. The molecular formula is C18H26N2O2. The van der Waals surface area contributed by atoms with Crippen LogP contribution in [0.25, 0.3) is 0 Å². The van der Waals surface area contributed by atoms with E-state index < -0.39 is 0 Å². The van der Waals surface area contributed by atoms with Crippen LogP contribution in [0.4, 0.5) is 5.69 Å². The molecule has 1 aromatic carbocycles. The standard InChI is InChI=1S/C18H26N2O2/c1-12(2)8-17(21)19-6-7-20(18(22)15(19)5)16-10-13(3)9-14(4)11-16/h9-12,15H,6-8H2,1-5H3. The fourth-order valence-electron chi connectivity index (χ4n) is 3.04. The second-order valence-electron chi connectivity index (χ2n) is 6.70. The van der Waals surface area contributed by atoms with Crippen LogP contribution in [-0.2, 0) is 9.59 Å². The second kappa shape index (κ2) is 6.51. The predicted octanol–water partition coefficient (Wildman–Crippen LogP) is 2.91. The van der Waals surface area contributed by atoms with Crippen molar-refractivity contribution in [2.45, 2.75) is 47.1 Å².